The number of nitrogen functional groups attached to an aromatic ring is 1. The van der Waals surface area contributed by atoms with Gasteiger partial charge in [0.25, 0.3) is 5.89 Å². The fourth-order valence-corrected chi connectivity index (χ4v) is 1.69. The van der Waals surface area contributed by atoms with Gasteiger partial charge in [0.1, 0.15) is 12.0 Å². The molecule has 5 nitrogen and oxygen atoms in total. The fourth-order valence-electron chi connectivity index (χ4n) is 1.69. The fraction of sp³-hybridized carbons (Fsp3) is 0.0769. The number of nitrogens with two attached hydrogens (primary N) is 1. The highest BCUT2D eigenvalue weighted by Gasteiger charge is 2.12. The van der Waals surface area contributed by atoms with Crippen molar-refractivity contribution < 1.29 is 8.94 Å². The normalized spacial score (nSPS) is 10.7. The summed E-state index contributed by atoms with van der Waals surface area (Å²) in [6.07, 6.45) is 1.59. The van der Waals surface area contributed by atoms with Crippen molar-refractivity contribution in [1.29, 1.82) is 0 Å². The summed E-state index contributed by atoms with van der Waals surface area (Å²) < 4.78 is 10.4. The van der Waals surface area contributed by atoms with Crippen molar-refractivity contribution in [2.24, 2.45) is 0 Å². The molecule has 0 bridgehead atoms. The van der Waals surface area contributed by atoms with Gasteiger partial charge in [-0.1, -0.05) is 17.3 Å². The van der Waals surface area contributed by atoms with Crippen LogP contribution in [0, 0.1) is 6.92 Å². The van der Waals surface area contributed by atoms with E-state index in [0.717, 1.165) is 16.9 Å². The Morgan fingerprint density at radius 2 is 2.06 bits per heavy atom. The number of rotatable bonds is 2. The van der Waals surface area contributed by atoms with Crippen LogP contribution in [-0.4, -0.2) is 10.1 Å². The van der Waals surface area contributed by atoms with Gasteiger partial charge in [-0.3, -0.25) is 0 Å². The molecule has 0 spiro atoms. The van der Waals surface area contributed by atoms with E-state index in [0.29, 0.717) is 17.4 Å². The van der Waals surface area contributed by atoms with E-state index in [4.69, 9.17) is 14.7 Å². The molecule has 0 unspecified atom stereocenters. The minimum absolute atomic E-state index is 0.435. The lowest BCUT2D eigenvalue weighted by atomic mass is 10.2. The molecule has 0 aliphatic carbocycles. The molecule has 0 radical (unpaired) electrons. The minimum atomic E-state index is 0.435. The second kappa shape index (κ2) is 4.03. The van der Waals surface area contributed by atoms with E-state index in [1.165, 1.54) is 0 Å². The smallest absolute Gasteiger partial charge is 0.261 e. The van der Waals surface area contributed by atoms with Gasteiger partial charge >= 0.3 is 0 Å². The van der Waals surface area contributed by atoms with E-state index < -0.39 is 0 Å². The molecular weight excluding hydrogens is 230 g/mol. The number of hydrogen-bond donors (Lipinski definition) is 1. The van der Waals surface area contributed by atoms with Crippen molar-refractivity contribution in [1.82, 2.24) is 10.1 Å². The van der Waals surface area contributed by atoms with Crippen LogP contribution in [0.25, 0.3) is 22.8 Å². The molecule has 2 aromatic heterocycles. The third kappa shape index (κ3) is 1.86. The molecule has 0 aliphatic heterocycles. The summed E-state index contributed by atoms with van der Waals surface area (Å²) in [6, 6.07) is 9.18. The Labute approximate surface area is 103 Å². The van der Waals surface area contributed by atoms with Crippen LogP contribution in [0.2, 0.25) is 0 Å². The lowest BCUT2D eigenvalue weighted by Gasteiger charge is -1.95. The summed E-state index contributed by atoms with van der Waals surface area (Å²) >= 11 is 0. The standard InChI is InChI=1S/C13H11N3O2/c1-8-5-10(7-17-8)13-15-12(16-18-13)9-3-2-4-11(14)6-9/h2-7H,14H2,1H3. The third-order valence-electron chi connectivity index (χ3n) is 2.55. The highest BCUT2D eigenvalue weighted by molar-refractivity contribution is 5.63. The number of benzene rings is 1. The van der Waals surface area contributed by atoms with Crippen LogP contribution in [0.4, 0.5) is 5.69 Å². The number of furan rings is 1. The zero-order valence-electron chi connectivity index (χ0n) is 9.75. The summed E-state index contributed by atoms with van der Waals surface area (Å²) in [7, 11) is 0. The molecule has 2 N–H and O–H groups in total. The topological polar surface area (TPSA) is 78.1 Å². The Morgan fingerprint density at radius 1 is 1.17 bits per heavy atom. The highest BCUT2D eigenvalue weighted by Crippen LogP contribution is 2.24. The second-order valence-electron chi connectivity index (χ2n) is 3.99. The molecule has 0 atom stereocenters. The van der Waals surface area contributed by atoms with Crippen LogP contribution in [0.3, 0.4) is 0 Å². The number of aromatic nitrogens is 2. The summed E-state index contributed by atoms with van der Waals surface area (Å²) in [5.74, 6) is 1.74. The lowest BCUT2D eigenvalue weighted by Crippen LogP contribution is -1.86. The summed E-state index contributed by atoms with van der Waals surface area (Å²) in [4.78, 5) is 4.31. The van der Waals surface area contributed by atoms with Gasteiger partial charge in [-0.2, -0.15) is 4.98 Å². The Bertz CT molecular complexity index is 685. The first-order valence-corrected chi connectivity index (χ1v) is 5.47. The SMILES string of the molecule is Cc1cc(-c2nc(-c3cccc(N)c3)no2)co1. The maximum absolute atomic E-state index is 5.72. The first kappa shape index (κ1) is 10.6. The molecule has 1 aromatic carbocycles. The van der Waals surface area contributed by atoms with E-state index >= 15 is 0 Å². The number of hydrogen-bond acceptors (Lipinski definition) is 5. The molecule has 2 heterocycles. The number of anilines is 1. The van der Waals surface area contributed by atoms with Crippen LogP contribution in [-0.2, 0) is 0 Å². The predicted molar refractivity (Wildman–Crippen MR) is 66.6 cm³/mol. The van der Waals surface area contributed by atoms with Crippen LogP contribution in [0.1, 0.15) is 5.76 Å². The molecule has 0 fully saturated rings. The Hall–Kier alpha value is -2.56. The van der Waals surface area contributed by atoms with Crippen LogP contribution < -0.4 is 5.73 Å². The number of aryl methyl sites for hydroxylation is 1. The van der Waals surface area contributed by atoms with Crippen LogP contribution >= 0.6 is 0 Å². The Kier molecular flexibility index (Phi) is 2.37. The van der Waals surface area contributed by atoms with E-state index in [1.54, 1.807) is 12.3 Å². The maximum Gasteiger partial charge on any atom is 0.261 e. The molecular formula is C13H11N3O2. The molecule has 0 saturated heterocycles. The van der Waals surface area contributed by atoms with Gasteiger partial charge in [0.2, 0.25) is 5.82 Å². The van der Waals surface area contributed by atoms with Crippen molar-refractivity contribution >= 4 is 5.69 Å². The Morgan fingerprint density at radius 3 is 2.78 bits per heavy atom. The summed E-state index contributed by atoms with van der Waals surface area (Å²) in [5.41, 5.74) is 7.98. The molecule has 90 valence electrons. The number of nitrogens with zero attached hydrogens (tertiary/aromatic N) is 2. The zero-order valence-corrected chi connectivity index (χ0v) is 9.75. The molecule has 0 aliphatic rings. The molecule has 3 rings (SSSR count). The largest absolute Gasteiger partial charge is 0.469 e. The van der Waals surface area contributed by atoms with Gasteiger partial charge in [0.05, 0.1) is 5.56 Å². The molecule has 18 heavy (non-hydrogen) atoms. The molecule has 0 amide bonds. The van der Waals surface area contributed by atoms with Crippen molar-refractivity contribution in [3.63, 3.8) is 0 Å². The van der Waals surface area contributed by atoms with Crippen molar-refractivity contribution in [2.45, 2.75) is 6.92 Å². The second-order valence-corrected chi connectivity index (χ2v) is 3.99. The van der Waals surface area contributed by atoms with Gasteiger partial charge in [0, 0.05) is 11.3 Å². The maximum atomic E-state index is 5.72. The minimum Gasteiger partial charge on any atom is -0.469 e. The van der Waals surface area contributed by atoms with E-state index in [-0.39, 0.29) is 0 Å². The van der Waals surface area contributed by atoms with Gasteiger partial charge in [-0.05, 0) is 25.1 Å². The van der Waals surface area contributed by atoms with Gasteiger partial charge < -0.3 is 14.7 Å². The first-order valence-electron chi connectivity index (χ1n) is 5.47. The van der Waals surface area contributed by atoms with Crippen molar-refractivity contribution in [3.8, 4) is 22.8 Å². The lowest BCUT2D eigenvalue weighted by molar-refractivity contribution is 0.431. The van der Waals surface area contributed by atoms with Crippen molar-refractivity contribution in [2.75, 3.05) is 5.73 Å². The van der Waals surface area contributed by atoms with E-state index in [9.17, 15) is 0 Å². The monoisotopic (exact) mass is 241 g/mol. The highest BCUT2D eigenvalue weighted by atomic mass is 16.5. The predicted octanol–water partition coefficient (Wildman–Crippen LogP) is 2.89. The summed E-state index contributed by atoms with van der Waals surface area (Å²) in [6.45, 7) is 1.86. The van der Waals surface area contributed by atoms with Crippen LogP contribution in [0.15, 0.2) is 45.5 Å². The van der Waals surface area contributed by atoms with Crippen molar-refractivity contribution in [3.05, 3.63) is 42.4 Å². The van der Waals surface area contributed by atoms with Gasteiger partial charge in [0.15, 0.2) is 0 Å². The molecule has 0 saturated carbocycles. The molecule has 5 heteroatoms. The third-order valence-corrected chi connectivity index (χ3v) is 2.55. The zero-order chi connectivity index (χ0) is 12.5. The van der Waals surface area contributed by atoms with E-state index in [1.807, 2.05) is 31.2 Å². The molecule has 3 aromatic rings. The Balaban J connectivity index is 1.99. The van der Waals surface area contributed by atoms with E-state index in [2.05, 4.69) is 10.1 Å². The van der Waals surface area contributed by atoms with Crippen LogP contribution in [0.5, 0.6) is 0 Å². The quantitative estimate of drug-likeness (QED) is 0.698. The summed E-state index contributed by atoms with van der Waals surface area (Å²) in [5, 5.41) is 3.93. The van der Waals surface area contributed by atoms with Gasteiger partial charge in [-0.15, -0.1) is 0 Å². The first-order chi connectivity index (χ1) is 8.72. The average Bonchev–Trinajstić information content (AvgIpc) is 2.97. The average molecular weight is 241 g/mol. The van der Waals surface area contributed by atoms with Gasteiger partial charge in [-0.25, -0.2) is 0 Å².